The number of anilines is 2. The molecule has 2 rings (SSSR count). The van der Waals surface area contributed by atoms with Crippen LogP contribution in [0.25, 0.3) is 9.69 Å². The molecule has 5 heteroatoms. The summed E-state index contributed by atoms with van der Waals surface area (Å²) >= 11 is 0. The molecule has 0 amide bonds. The van der Waals surface area contributed by atoms with Crippen molar-refractivity contribution in [3.8, 4) is 5.75 Å². The number of nitrogen functional groups attached to an aromatic ring is 1. The number of hydrogen-bond donors (Lipinski definition) is 3. The molecule has 0 aliphatic heterocycles. The van der Waals surface area contributed by atoms with Gasteiger partial charge in [0.15, 0.2) is 11.4 Å². The number of nitrogens with one attached hydrogen (secondary N) is 1. The van der Waals surface area contributed by atoms with Crippen LogP contribution in [0.1, 0.15) is 5.56 Å². The molecule has 104 valence electrons. The number of hydrogen-bond acceptors (Lipinski definition) is 3. The molecular formula is C16H14N4O. The highest BCUT2D eigenvalue weighted by atomic mass is 16.3. The zero-order chi connectivity index (χ0) is 15.2. The van der Waals surface area contributed by atoms with E-state index in [4.69, 9.17) is 18.9 Å². The number of phenolic OH excluding ortho intramolecular Hbond substituents is 1. The van der Waals surface area contributed by atoms with Crippen LogP contribution in [0, 0.1) is 13.1 Å². The molecular weight excluding hydrogens is 264 g/mol. The molecule has 5 nitrogen and oxygen atoms in total. The van der Waals surface area contributed by atoms with Gasteiger partial charge >= 0.3 is 0 Å². The fraction of sp³-hybridized carbons (Fsp3) is 0.125. The molecule has 0 saturated carbocycles. The van der Waals surface area contributed by atoms with Gasteiger partial charge in [-0.3, -0.25) is 9.69 Å². The van der Waals surface area contributed by atoms with Gasteiger partial charge in [-0.25, -0.2) is 0 Å². The van der Waals surface area contributed by atoms with Crippen molar-refractivity contribution in [2.75, 3.05) is 17.6 Å². The van der Waals surface area contributed by atoms with Crippen LogP contribution in [-0.4, -0.2) is 11.7 Å². The molecule has 4 N–H and O–H groups in total. The summed E-state index contributed by atoms with van der Waals surface area (Å²) in [7, 11) is 0. The quantitative estimate of drug-likeness (QED) is 0.589. The monoisotopic (exact) mass is 278 g/mol. The van der Waals surface area contributed by atoms with Crippen molar-refractivity contribution < 1.29 is 5.11 Å². The summed E-state index contributed by atoms with van der Waals surface area (Å²) in [6, 6.07) is 10.1. The van der Waals surface area contributed by atoms with Gasteiger partial charge < -0.3 is 16.2 Å². The lowest BCUT2D eigenvalue weighted by Gasteiger charge is -2.11. The topological polar surface area (TPSA) is 67.0 Å². The Bertz CT molecular complexity index is 724. The Hall–Kier alpha value is -3.18. The molecule has 0 aromatic heterocycles. The smallest absolute Gasteiger partial charge is 0.196 e. The van der Waals surface area contributed by atoms with Crippen molar-refractivity contribution in [3.05, 3.63) is 64.8 Å². The van der Waals surface area contributed by atoms with Gasteiger partial charge in [0.05, 0.1) is 13.1 Å². The average molecular weight is 278 g/mol. The minimum Gasteiger partial charge on any atom is -0.508 e. The van der Waals surface area contributed by atoms with Crippen LogP contribution in [0.2, 0.25) is 0 Å². The number of benzene rings is 2. The van der Waals surface area contributed by atoms with E-state index in [0.29, 0.717) is 23.6 Å². The fourth-order valence-corrected chi connectivity index (χ4v) is 1.93. The Morgan fingerprint density at radius 3 is 2.29 bits per heavy atom. The predicted octanol–water partition coefficient (Wildman–Crippen LogP) is 3.73. The van der Waals surface area contributed by atoms with Crippen LogP contribution in [-0.2, 0) is 6.42 Å². The van der Waals surface area contributed by atoms with Gasteiger partial charge in [-0.05, 0) is 36.2 Å². The van der Waals surface area contributed by atoms with E-state index in [1.807, 2.05) is 12.1 Å². The third-order valence-corrected chi connectivity index (χ3v) is 3.05. The van der Waals surface area contributed by atoms with Gasteiger partial charge in [0.25, 0.3) is 0 Å². The third kappa shape index (κ3) is 3.43. The maximum atomic E-state index is 9.22. The van der Waals surface area contributed by atoms with Crippen molar-refractivity contribution >= 4 is 22.7 Å². The molecule has 2 aromatic carbocycles. The third-order valence-electron chi connectivity index (χ3n) is 3.05. The zero-order valence-corrected chi connectivity index (χ0v) is 11.3. The number of aromatic hydroxyl groups is 1. The van der Waals surface area contributed by atoms with Crippen LogP contribution in [0.15, 0.2) is 36.4 Å². The van der Waals surface area contributed by atoms with Crippen LogP contribution in [0.3, 0.4) is 0 Å². The predicted molar refractivity (Wildman–Crippen MR) is 83.7 cm³/mol. The van der Waals surface area contributed by atoms with Gasteiger partial charge in [-0.15, -0.1) is 0 Å². The van der Waals surface area contributed by atoms with E-state index in [2.05, 4.69) is 15.0 Å². The summed E-state index contributed by atoms with van der Waals surface area (Å²) in [5.41, 5.74) is 8.65. The molecule has 0 aliphatic rings. The Morgan fingerprint density at radius 1 is 1.05 bits per heavy atom. The standard InChI is InChI=1S/C16H14N4O/c1-18-15-9-13(17)14(10-16(15)19-2)20-8-7-11-3-5-12(21)6-4-11/h3-6,9-10,20-21H,7-8,17H2. The molecule has 2 aromatic rings. The van der Waals surface area contributed by atoms with Crippen LogP contribution >= 0.6 is 0 Å². The average Bonchev–Trinajstić information content (AvgIpc) is 2.50. The molecule has 0 spiro atoms. The van der Waals surface area contributed by atoms with E-state index in [1.54, 1.807) is 18.2 Å². The summed E-state index contributed by atoms with van der Waals surface area (Å²) in [5.74, 6) is 0.243. The van der Waals surface area contributed by atoms with Crippen molar-refractivity contribution in [1.29, 1.82) is 0 Å². The highest BCUT2D eigenvalue weighted by Gasteiger charge is 2.07. The number of phenols is 1. The minimum absolute atomic E-state index is 0.243. The zero-order valence-electron chi connectivity index (χ0n) is 11.3. The molecule has 0 fully saturated rings. The highest BCUT2D eigenvalue weighted by molar-refractivity contribution is 5.83. The maximum Gasteiger partial charge on any atom is 0.196 e. The Balaban J connectivity index is 2.05. The molecule has 0 heterocycles. The first-order chi connectivity index (χ1) is 10.1. The number of rotatable bonds is 4. The molecule has 0 radical (unpaired) electrons. The van der Waals surface area contributed by atoms with Gasteiger partial charge in [0.1, 0.15) is 5.75 Å². The van der Waals surface area contributed by atoms with Crippen molar-refractivity contribution in [2.45, 2.75) is 6.42 Å². The maximum absolute atomic E-state index is 9.22. The van der Waals surface area contributed by atoms with Gasteiger partial charge in [-0.2, -0.15) is 0 Å². The van der Waals surface area contributed by atoms with E-state index in [-0.39, 0.29) is 11.4 Å². The Labute approximate surface area is 123 Å². The van der Waals surface area contributed by atoms with Gasteiger partial charge in [0, 0.05) is 17.9 Å². The van der Waals surface area contributed by atoms with E-state index >= 15 is 0 Å². The molecule has 21 heavy (non-hydrogen) atoms. The Morgan fingerprint density at radius 2 is 1.67 bits per heavy atom. The van der Waals surface area contributed by atoms with Crippen LogP contribution in [0.4, 0.5) is 22.7 Å². The van der Waals surface area contributed by atoms with Gasteiger partial charge in [-0.1, -0.05) is 12.1 Å². The van der Waals surface area contributed by atoms with Crippen molar-refractivity contribution in [3.63, 3.8) is 0 Å². The SMILES string of the molecule is [C-]#[N+]c1cc(N)c(NCCc2ccc(O)cc2)cc1[N+]#[C-]. The first-order valence-electron chi connectivity index (χ1n) is 6.34. The van der Waals surface area contributed by atoms with Crippen molar-refractivity contribution in [2.24, 2.45) is 0 Å². The number of nitrogens with two attached hydrogens (primary N) is 1. The van der Waals surface area contributed by atoms with Crippen molar-refractivity contribution in [1.82, 2.24) is 0 Å². The van der Waals surface area contributed by atoms with E-state index in [0.717, 1.165) is 12.0 Å². The first kappa shape index (κ1) is 14.2. The summed E-state index contributed by atoms with van der Waals surface area (Å²) in [4.78, 5) is 6.62. The summed E-state index contributed by atoms with van der Waals surface area (Å²) in [6.45, 7) is 14.7. The molecule has 0 atom stereocenters. The molecule has 0 saturated heterocycles. The van der Waals surface area contributed by atoms with Crippen LogP contribution in [0.5, 0.6) is 5.75 Å². The minimum atomic E-state index is 0.243. The lowest BCUT2D eigenvalue weighted by atomic mass is 10.1. The molecule has 0 unspecified atom stereocenters. The fourth-order valence-electron chi connectivity index (χ4n) is 1.93. The lowest BCUT2D eigenvalue weighted by molar-refractivity contribution is 0.475. The van der Waals surface area contributed by atoms with E-state index < -0.39 is 0 Å². The summed E-state index contributed by atoms with van der Waals surface area (Å²) in [6.07, 6.45) is 0.762. The number of nitrogens with zero attached hydrogens (tertiary/aromatic N) is 2. The normalized spacial score (nSPS) is 9.62. The first-order valence-corrected chi connectivity index (χ1v) is 6.34. The molecule has 0 aliphatic carbocycles. The molecule has 0 bridgehead atoms. The Kier molecular flexibility index (Phi) is 4.28. The second-order valence-electron chi connectivity index (χ2n) is 4.50. The van der Waals surface area contributed by atoms with E-state index in [1.165, 1.54) is 6.07 Å². The second kappa shape index (κ2) is 6.31. The van der Waals surface area contributed by atoms with E-state index in [9.17, 15) is 5.11 Å². The lowest BCUT2D eigenvalue weighted by Crippen LogP contribution is -2.06. The second-order valence-corrected chi connectivity index (χ2v) is 4.50. The largest absolute Gasteiger partial charge is 0.508 e. The van der Waals surface area contributed by atoms with Crippen LogP contribution < -0.4 is 11.1 Å². The summed E-state index contributed by atoms with van der Waals surface area (Å²) < 4.78 is 0. The summed E-state index contributed by atoms with van der Waals surface area (Å²) in [5, 5.41) is 12.4. The highest BCUT2D eigenvalue weighted by Crippen LogP contribution is 2.35. The van der Waals surface area contributed by atoms with Gasteiger partial charge in [0.2, 0.25) is 0 Å².